The highest BCUT2D eigenvalue weighted by molar-refractivity contribution is 6.30. The highest BCUT2D eigenvalue weighted by atomic mass is 35.5. The van der Waals surface area contributed by atoms with Crippen LogP contribution in [0.2, 0.25) is 0 Å². The Hall–Kier alpha value is -1.63. The van der Waals surface area contributed by atoms with E-state index in [9.17, 15) is 9.59 Å². The van der Waals surface area contributed by atoms with Gasteiger partial charge in [-0.2, -0.15) is 0 Å². The maximum absolute atomic E-state index is 12.7. The van der Waals surface area contributed by atoms with Gasteiger partial charge in [0.15, 0.2) is 0 Å². The molecule has 0 spiro atoms. The number of ether oxygens (including phenoxy) is 1. The van der Waals surface area contributed by atoms with Crippen molar-refractivity contribution >= 4 is 23.2 Å². The topological polar surface area (TPSA) is 43.4 Å². The Labute approximate surface area is 141 Å². The third-order valence-electron chi connectivity index (χ3n) is 4.77. The number of carbonyl (C=O) groups excluding carboxylic acids is 2. The van der Waals surface area contributed by atoms with Crippen LogP contribution in [0.3, 0.4) is 0 Å². The number of aryl methyl sites for hydroxylation is 2. The van der Waals surface area contributed by atoms with Crippen molar-refractivity contribution in [3.05, 3.63) is 34.4 Å². The Morgan fingerprint density at radius 2 is 1.57 bits per heavy atom. The van der Waals surface area contributed by atoms with E-state index in [0.717, 1.165) is 35.1 Å². The van der Waals surface area contributed by atoms with Crippen molar-refractivity contribution in [3.63, 3.8) is 0 Å². The van der Waals surface area contributed by atoms with Crippen LogP contribution in [0, 0.1) is 25.1 Å². The zero-order chi connectivity index (χ0) is 16.6. The third kappa shape index (κ3) is 3.20. The molecule has 2 saturated heterocycles. The molecule has 120 valence electrons. The molecule has 0 saturated carbocycles. The first-order valence-electron chi connectivity index (χ1n) is 7.93. The van der Waals surface area contributed by atoms with Gasteiger partial charge in [0.25, 0.3) is 0 Å². The van der Waals surface area contributed by atoms with Gasteiger partial charge in [0.05, 0.1) is 12.2 Å². The summed E-state index contributed by atoms with van der Waals surface area (Å²) in [5.41, 5.74) is 3.47. The fourth-order valence-corrected chi connectivity index (χ4v) is 3.93. The lowest BCUT2D eigenvalue weighted by Crippen LogP contribution is -2.32. The minimum absolute atomic E-state index is 0.0231. The second-order valence-electron chi connectivity index (χ2n) is 6.47. The van der Waals surface area contributed by atoms with Gasteiger partial charge in [0.2, 0.25) is 0 Å². The zero-order valence-corrected chi connectivity index (χ0v) is 14.1. The molecule has 2 heterocycles. The van der Waals surface area contributed by atoms with Gasteiger partial charge in [-0.25, -0.2) is 0 Å². The smallest absolute Gasteiger partial charge is 0.150 e. The van der Waals surface area contributed by atoms with Crippen LogP contribution in [0.25, 0.3) is 0 Å². The molecular weight excluding hydrogens is 312 g/mol. The Kier molecular flexibility index (Phi) is 4.57. The van der Waals surface area contributed by atoms with Crippen molar-refractivity contribution in [2.24, 2.45) is 0 Å². The number of rotatable bonds is 1. The second kappa shape index (κ2) is 6.47. The van der Waals surface area contributed by atoms with Crippen LogP contribution in [0.5, 0.6) is 0 Å². The molecule has 1 aromatic carbocycles. The Morgan fingerprint density at radius 1 is 1.04 bits per heavy atom. The lowest BCUT2D eigenvalue weighted by atomic mass is 9.81. The van der Waals surface area contributed by atoms with Gasteiger partial charge < -0.3 is 4.74 Å². The molecule has 1 aromatic rings. The summed E-state index contributed by atoms with van der Waals surface area (Å²) < 4.78 is 5.76. The molecule has 3 rings (SSSR count). The normalized spacial score (nSPS) is 27.2. The van der Waals surface area contributed by atoms with E-state index in [4.69, 9.17) is 16.3 Å². The molecule has 2 aliphatic rings. The largest absolute Gasteiger partial charge is 0.374 e. The fraction of sp³-hybridized carbons (Fsp3) is 0.474. The van der Waals surface area contributed by atoms with E-state index >= 15 is 0 Å². The number of halogens is 1. The van der Waals surface area contributed by atoms with Crippen LogP contribution in [0.4, 0.5) is 0 Å². The number of ketones is 2. The van der Waals surface area contributed by atoms with Gasteiger partial charge in [-0.05, 0) is 73.0 Å². The van der Waals surface area contributed by atoms with Crippen molar-refractivity contribution in [2.75, 3.05) is 0 Å². The third-order valence-corrected chi connectivity index (χ3v) is 4.87. The molecule has 2 fully saturated rings. The number of hydrogen-bond donors (Lipinski definition) is 0. The SMILES string of the molecule is Cc1cc(C#CCl)cc(C)c1C1C(=O)CC2CCC(CC1=O)O2. The molecule has 2 bridgehead atoms. The van der Waals surface area contributed by atoms with Gasteiger partial charge >= 0.3 is 0 Å². The van der Waals surface area contributed by atoms with E-state index in [1.54, 1.807) is 0 Å². The van der Waals surface area contributed by atoms with E-state index in [1.807, 2.05) is 26.0 Å². The molecule has 2 aliphatic heterocycles. The minimum atomic E-state index is -0.667. The van der Waals surface area contributed by atoms with Crippen molar-refractivity contribution in [3.8, 4) is 11.3 Å². The number of fused-ring (bicyclic) bond motifs is 2. The Morgan fingerprint density at radius 3 is 2.04 bits per heavy atom. The van der Waals surface area contributed by atoms with Crippen LogP contribution in [0.1, 0.15) is 53.9 Å². The molecule has 0 amide bonds. The molecule has 0 aliphatic carbocycles. The number of hydrogen-bond acceptors (Lipinski definition) is 3. The van der Waals surface area contributed by atoms with Crippen LogP contribution < -0.4 is 0 Å². The number of benzene rings is 1. The molecule has 3 nitrogen and oxygen atoms in total. The fourth-order valence-electron chi connectivity index (χ4n) is 3.82. The summed E-state index contributed by atoms with van der Waals surface area (Å²) in [6, 6.07) is 3.78. The molecule has 23 heavy (non-hydrogen) atoms. The first kappa shape index (κ1) is 16.2. The van der Waals surface area contributed by atoms with Crippen LogP contribution in [0.15, 0.2) is 12.1 Å². The lowest BCUT2D eigenvalue weighted by Gasteiger charge is -2.25. The van der Waals surface area contributed by atoms with E-state index in [-0.39, 0.29) is 23.8 Å². The standard InChI is InChI=1S/C19H19ClO3/c1-11-7-13(5-6-20)8-12(2)18(11)19-16(21)9-14-3-4-15(23-14)10-17(19)22/h7-8,14-15,19H,3-4,9-10H2,1-2H3. The quantitative estimate of drug-likeness (QED) is 0.585. The molecule has 0 aromatic heterocycles. The first-order valence-corrected chi connectivity index (χ1v) is 8.31. The Balaban J connectivity index is 2.02. The molecule has 0 N–H and O–H groups in total. The average Bonchev–Trinajstić information content (AvgIpc) is 2.90. The van der Waals surface area contributed by atoms with Gasteiger partial charge in [-0.15, -0.1) is 0 Å². The molecule has 0 radical (unpaired) electrons. The van der Waals surface area contributed by atoms with Gasteiger partial charge in [-0.3, -0.25) is 9.59 Å². The van der Waals surface area contributed by atoms with Crippen molar-refractivity contribution in [1.29, 1.82) is 0 Å². The summed E-state index contributed by atoms with van der Waals surface area (Å²) in [6.45, 7) is 3.85. The van der Waals surface area contributed by atoms with Gasteiger partial charge in [0.1, 0.15) is 17.5 Å². The highest BCUT2D eigenvalue weighted by Gasteiger charge is 2.39. The maximum atomic E-state index is 12.7. The summed E-state index contributed by atoms with van der Waals surface area (Å²) in [4.78, 5) is 25.5. The van der Waals surface area contributed by atoms with E-state index < -0.39 is 5.92 Å². The van der Waals surface area contributed by atoms with E-state index in [0.29, 0.717) is 12.8 Å². The number of carbonyl (C=O) groups is 2. The monoisotopic (exact) mass is 330 g/mol. The Bertz CT molecular complexity index is 679. The summed E-state index contributed by atoms with van der Waals surface area (Å²) in [5, 5.41) is 2.36. The maximum Gasteiger partial charge on any atom is 0.150 e. The van der Waals surface area contributed by atoms with Crippen LogP contribution in [-0.2, 0) is 14.3 Å². The summed E-state index contributed by atoms with van der Waals surface area (Å²) in [7, 11) is 0. The number of Topliss-reactive ketones (excluding diaryl/α,β-unsaturated/α-hetero) is 2. The van der Waals surface area contributed by atoms with E-state index in [2.05, 4.69) is 11.3 Å². The predicted octanol–water partition coefficient (Wildman–Crippen LogP) is 3.41. The average molecular weight is 331 g/mol. The van der Waals surface area contributed by atoms with Gasteiger partial charge in [0, 0.05) is 23.8 Å². The molecular formula is C19H19ClO3. The summed E-state index contributed by atoms with van der Waals surface area (Å²) in [6.07, 6.45) is 2.36. The predicted molar refractivity (Wildman–Crippen MR) is 88.5 cm³/mol. The molecule has 2 unspecified atom stereocenters. The van der Waals surface area contributed by atoms with Crippen molar-refractivity contribution in [2.45, 2.75) is 57.7 Å². The minimum Gasteiger partial charge on any atom is -0.374 e. The van der Waals surface area contributed by atoms with Crippen LogP contribution in [-0.4, -0.2) is 23.8 Å². The first-order chi connectivity index (χ1) is 11.0. The van der Waals surface area contributed by atoms with Crippen molar-refractivity contribution < 1.29 is 14.3 Å². The van der Waals surface area contributed by atoms with Crippen molar-refractivity contribution in [1.82, 2.24) is 0 Å². The molecule has 4 heteroatoms. The highest BCUT2D eigenvalue weighted by Crippen LogP contribution is 2.35. The lowest BCUT2D eigenvalue weighted by molar-refractivity contribution is -0.134. The zero-order valence-electron chi connectivity index (χ0n) is 13.3. The van der Waals surface area contributed by atoms with Gasteiger partial charge in [-0.1, -0.05) is 0 Å². The molecule has 2 atom stereocenters. The second-order valence-corrected chi connectivity index (χ2v) is 6.66. The van der Waals surface area contributed by atoms with Crippen LogP contribution >= 0.6 is 11.6 Å². The summed E-state index contributed by atoms with van der Waals surface area (Å²) >= 11 is 5.47. The van der Waals surface area contributed by atoms with E-state index in [1.165, 1.54) is 0 Å². The summed E-state index contributed by atoms with van der Waals surface area (Å²) in [5.74, 6) is 2.10.